The predicted molar refractivity (Wildman–Crippen MR) is 103 cm³/mol. The van der Waals surface area contributed by atoms with E-state index in [1.807, 2.05) is 0 Å². The van der Waals surface area contributed by atoms with Gasteiger partial charge in [0.05, 0.1) is 27.6 Å². The van der Waals surface area contributed by atoms with Gasteiger partial charge < -0.3 is 9.72 Å². The molecule has 0 saturated carbocycles. The lowest BCUT2D eigenvalue weighted by Crippen LogP contribution is -2.27. The number of hydrogen-bond donors (Lipinski definition) is 2. The predicted octanol–water partition coefficient (Wildman–Crippen LogP) is 2.56. The Balaban J connectivity index is 1.59. The van der Waals surface area contributed by atoms with Crippen LogP contribution < -0.4 is 10.5 Å². The van der Waals surface area contributed by atoms with E-state index in [0.29, 0.717) is 6.42 Å². The van der Waals surface area contributed by atoms with E-state index < -0.39 is 21.8 Å². The van der Waals surface area contributed by atoms with E-state index in [1.54, 1.807) is 12.1 Å². The van der Waals surface area contributed by atoms with Crippen molar-refractivity contribution < 1.29 is 26.4 Å². The van der Waals surface area contributed by atoms with Gasteiger partial charge in [0.2, 0.25) is 15.9 Å². The summed E-state index contributed by atoms with van der Waals surface area (Å²) in [7, 11) is -3.76. The number of nitrogens with zero attached hydrogens (tertiary/aromatic N) is 2. The molecule has 0 radical (unpaired) electrons. The van der Waals surface area contributed by atoms with Crippen LogP contribution in [0, 0.1) is 0 Å². The molecule has 3 N–H and O–H groups in total. The number of carbonyl (C=O) groups is 1. The molecule has 1 aromatic carbocycles. The molecule has 0 saturated heterocycles. The van der Waals surface area contributed by atoms with Crippen molar-refractivity contribution >= 4 is 33.2 Å². The molecule has 0 aliphatic heterocycles. The maximum atomic E-state index is 12.9. The molecule has 0 bridgehead atoms. The third-order valence-electron chi connectivity index (χ3n) is 4.21. The van der Waals surface area contributed by atoms with Crippen molar-refractivity contribution in [2.24, 2.45) is 5.14 Å². The van der Waals surface area contributed by atoms with Crippen molar-refractivity contribution in [2.45, 2.75) is 23.9 Å². The van der Waals surface area contributed by atoms with Gasteiger partial charge in [0.15, 0.2) is 5.65 Å². The Kier molecular flexibility index (Phi) is 6.06. The molecule has 0 atom stereocenters. The van der Waals surface area contributed by atoms with E-state index in [4.69, 9.17) is 16.7 Å². The number of sulfonamides is 1. The summed E-state index contributed by atoms with van der Waals surface area (Å²) in [6.45, 7) is 0.278. The molecule has 30 heavy (non-hydrogen) atoms. The summed E-state index contributed by atoms with van der Waals surface area (Å²) in [5, 5.41) is 7.54. The number of pyridine rings is 1. The largest absolute Gasteiger partial charge is 0.417 e. The van der Waals surface area contributed by atoms with Crippen molar-refractivity contribution in [3.8, 4) is 0 Å². The van der Waals surface area contributed by atoms with Gasteiger partial charge in [-0.05, 0) is 30.2 Å². The summed E-state index contributed by atoms with van der Waals surface area (Å²) in [6.07, 6.45) is -2.05. The second-order valence-electron chi connectivity index (χ2n) is 6.50. The lowest BCUT2D eigenvalue weighted by Gasteiger charge is -2.07. The number of aromatic nitrogens is 2. The summed E-state index contributed by atoms with van der Waals surface area (Å²) < 4.78 is 62.2. The van der Waals surface area contributed by atoms with E-state index in [9.17, 15) is 26.4 Å². The fraction of sp³-hybridized carbons (Fsp3) is 0.222. The number of hydrogen-bond acceptors (Lipinski definition) is 4. The number of nitrogens with two attached hydrogens (primary N) is 1. The first-order valence-electron chi connectivity index (χ1n) is 8.56. The number of primary sulfonamides is 1. The standard InChI is InChI=1S/C18H16ClF3N4O3S/c19-15-7-12(18(20,21)22)9-26-10-13(25-17(15)26)8-16(27)24-6-5-11-1-3-14(4-2-11)30(23,28)29/h1-4,7,9-10H,5-6,8H2,(H,24,27)(H2,23,28,29). The zero-order chi connectivity index (χ0) is 22.1. The van der Waals surface area contributed by atoms with Crippen molar-refractivity contribution in [1.82, 2.24) is 14.7 Å². The van der Waals surface area contributed by atoms with Gasteiger partial charge in [0.25, 0.3) is 0 Å². The van der Waals surface area contributed by atoms with Gasteiger partial charge in [-0.25, -0.2) is 18.5 Å². The molecule has 2 heterocycles. The summed E-state index contributed by atoms with van der Waals surface area (Å²) in [6, 6.07) is 6.72. The smallest absolute Gasteiger partial charge is 0.355 e. The maximum absolute atomic E-state index is 12.9. The second-order valence-corrected chi connectivity index (χ2v) is 8.47. The number of rotatable bonds is 6. The number of halogens is 4. The Morgan fingerprint density at radius 1 is 1.20 bits per heavy atom. The van der Waals surface area contributed by atoms with Crippen molar-refractivity contribution in [3.05, 3.63) is 64.6 Å². The zero-order valence-corrected chi connectivity index (χ0v) is 16.9. The topological polar surface area (TPSA) is 107 Å². The first-order valence-corrected chi connectivity index (χ1v) is 10.5. The SMILES string of the molecule is NS(=O)(=O)c1ccc(CCNC(=O)Cc2cn3cc(C(F)(F)F)cc(Cl)c3n2)cc1. The summed E-state index contributed by atoms with van der Waals surface area (Å²) in [5.41, 5.74) is 0.275. The molecule has 0 aliphatic carbocycles. The summed E-state index contributed by atoms with van der Waals surface area (Å²) in [5.74, 6) is -0.369. The highest BCUT2D eigenvalue weighted by Gasteiger charge is 2.32. The zero-order valence-electron chi connectivity index (χ0n) is 15.3. The third kappa shape index (κ3) is 5.29. The van der Waals surface area contributed by atoms with Gasteiger partial charge in [0.1, 0.15) is 0 Å². The first-order chi connectivity index (χ1) is 13.9. The maximum Gasteiger partial charge on any atom is 0.417 e. The molecule has 0 unspecified atom stereocenters. The van der Waals surface area contributed by atoms with Gasteiger partial charge in [-0.15, -0.1) is 0 Å². The quantitative estimate of drug-likeness (QED) is 0.589. The van der Waals surface area contributed by atoms with Gasteiger partial charge in [-0.3, -0.25) is 4.79 Å². The molecular weight excluding hydrogens is 445 g/mol. The minimum absolute atomic E-state index is 0.00512. The van der Waals surface area contributed by atoms with Crippen LogP contribution >= 0.6 is 11.6 Å². The molecule has 0 fully saturated rings. The number of imidazole rings is 1. The number of benzene rings is 1. The van der Waals surface area contributed by atoms with E-state index in [1.165, 1.54) is 18.3 Å². The van der Waals surface area contributed by atoms with Crippen molar-refractivity contribution in [3.63, 3.8) is 0 Å². The monoisotopic (exact) mass is 460 g/mol. The van der Waals surface area contributed by atoms with E-state index in [2.05, 4.69) is 10.3 Å². The number of carbonyl (C=O) groups excluding carboxylic acids is 1. The van der Waals surface area contributed by atoms with Crippen LogP contribution in [-0.2, 0) is 33.8 Å². The van der Waals surface area contributed by atoms with Crippen LogP contribution in [-0.4, -0.2) is 30.3 Å². The highest BCUT2D eigenvalue weighted by molar-refractivity contribution is 7.89. The normalized spacial score (nSPS) is 12.3. The fourth-order valence-corrected chi connectivity index (χ4v) is 3.54. The van der Waals surface area contributed by atoms with Crippen LogP contribution in [0.3, 0.4) is 0 Å². The van der Waals surface area contributed by atoms with E-state index in [-0.39, 0.29) is 40.1 Å². The molecule has 160 valence electrons. The highest BCUT2D eigenvalue weighted by Crippen LogP contribution is 2.32. The van der Waals surface area contributed by atoms with Crippen molar-refractivity contribution in [1.29, 1.82) is 0 Å². The molecular formula is C18H16ClF3N4O3S. The molecule has 7 nitrogen and oxygen atoms in total. The number of nitrogens with one attached hydrogen (secondary N) is 1. The molecule has 0 spiro atoms. The Morgan fingerprint density at radius 3 is 2.47 bits per heavy atom. The Morgan fingerprint density at radius 2 is 1.87 bits per heavy atom. The van der Waals surface area contributed by atoms with Crippen molar-refractivity contribution in [2.75, 3.05) is 6.54 Å². The van der Waals surface area contributed by atoms with Gasteiger partial charge in [0, 0.05) is 18.9 Å². The second kappa shape index (κ2) is 8.25. The van der Waals surface area contributed by atoms with Crippen LogP contribution in [0.25, 0.3) is 5.65 Å². The van der Waals surface area contributed by atoms with Gasteiger partial charge >= 0.3 is 6.18 Å². The average molecular weight is 461 g/mol. The fourth-order valence-electron chi connectivity index (χ4n) is 2.77. The molecule has 12 heteroatoms. The molecule has 3 aromatic rings. The van der Waals surface area contributed by atoms with Gasteiger partial charge in [-0.1, -0.05) is 23.7 Å². The van der Waals surface area contributed by atoms with Crippen LogP contribution in [0.1, 0.15) is 16.8 Å². The van der Waals surface area contributed by atoms with Gasteiger partial charge in [-0.2, -0.15) is 13.2 Å². The molecule has 1 amide bonds. The number of amides is 1. The summed E-state index contributed by atoms with van der Waals surface area (Å²) >= 11 is 5.88. The average Bonchev–Trinajstić information content (AvgIpc) is 3.03. The Bertz CT molecular complexity index is 1190. The summed E-state index contributed by atoms with van der Waals surface area (Å²) in [4.78, 5) is 16.2. The third-order valence-corrected chi connectivity index (χ3v) is 5.42. The van der Waals surface area contributed by atoms with Crippen LogP contribution in [0.5, 0.6) is 0 Å². The Labute approximate surface area is 174 Å². The van der Waals surface area contributed by atoms with E-state index >= 15 is 0 Å². The van der Waals surface area contributed by atoms with E-state index in [0.717, 1.165) is 22.2 Å². The lowest BCUT2D eigenvalue weighted by atomic mass is 10.1. The highest BCUT2D eigenvalue weighted by atomic mass is 35.5. The van der Waals surface area contributed by atoms with Crippen LogP contribution in [0.15, 0.2) is 47.6 Å². The Hall–Kier alpha value is -2.63. The molecule has 2 aromatic heterocycles. The lowest BCUT2D eigenvalue weighted by molar-refractivity contribution is -0.137. The minimum Gasteiger partial charge on any atom is -0.355 e. The number of alkyl halides is 3. The molecule has 0 aliphatic rings. The first kappa shape index (κ1) is 22.1. The van der Waals surface area contributed by atoms with Crippen LogP contribution in [0.4, 0.5) is 13.2 Å². The number of fused-ring (bicyclic) bond motifs is 1. The minimum atomic E-state index is -4.55. The van der Waals surface area contributed by atoms with Crippen LogP contribution in [0.2, 0.25) is 5.02 Å². The molecule has 3 rings (SSSR count).